The Morgan fingerprint density at radius 1 is 1.22 bits per heavy atom. The molecule has 1 aromatic carbocycles. The highest BCUT2D eigenvalue weighted by molar-refractivity contribution is 5.89. The first kappa shape index (κ1) is 18.5. The molecule has 2 saturated carbocycles. The Balaban J connectivity index is 1.65. The van der Waals surface area contributed by atoms with E-state index in [1.54, 1.807) is 6.92 Å². The van der Waals surface area contributed by atoms with Crippen molar-refractivity contribution in [3.8, 4) is 0 Å². The molecule has 5 heteroatoms. The highest BCUT2D eigenvalue weighted by Gasteiger charge is 2.68. The first-order chi connectivity index (χ1) is 12.8. The minimum absolute atomic E-state index is 0.0165. The van der Waals surface area contributed by atoms with Crippen LogP contribution in [0.4, 0.5) is 0 Å². The number of rotatable bonds is 3. The zero-order chi connectivity index (χ0) is 19.4. The summed E-state index contributed by atoms with van der Waals surface area (Å²) >= 11 is 0. The normalized spacial score (nSPS) is 36.1. The third-order valence-corrected chi connectivity index (χ3v) is 7.51. The van der Waals surface area contributed by atoms with Gasteiger partial charge < -0.3 is 14.8 Å². The standard InChI is InChI=1S/C22H29NO4/c1-13(24)23-20-21(2,3)16-11-17-18(27-10-9-22(17,20)12-16)14-5-7-15(8-6-14)19(25)26-4/h5-8,16-18,20H,9-12H2,1-4H3,(H,23,24)/t16-,17-,18-,20+,22?/m1/s1. The van der Waals surface area contributed by atoms with E-state index in [0.717, 1.165) is 24.8 Å². The molecule has 0 aromatic heterocycles. The molecule has 1 spiro atoms. The monoisotopic (exact) mass is 371 g/mol. The fourth-order valence-electron chi connectivity index (χ4n) is 6.25. The molecule has 1 amide bonds. The molecule has 4 rings (SSSR count). The van der Waals surface area contributed by atoms with Crippen molar-refractivity contribution in [3.63, 3.8) is 0 Å². The molecule has 5 atom stereocenters. The fourth-order valence-corrected chi connectivity index (χ4v) is 6.25. The van der Waals surface area contributed by atoms with E-state index in [-0.39, 0.29) is 34.9 Å². The number of ether oxygens (including phenoxy) is 2. The summed E-state index contributed by atoms with van der Waals surface area (Å²) < 4.78 is 11.0. The van der Waals surface area contributed by atoms with Crippen LogP contribution in [-0.4, -0.2) is 31.6 Å². The number of fused-ring (bicyclic) bond motifs is 1. The largest absolute Gasteiger partial charge is 0.465 e. The molecular formula is C22H29NO4. The van der Waals surface area contributed by atoms with Crippen LogP contribution in [-0.2, 0) is 14.3 Å². The van der Waals surface area contributed by atoms with Gasteiger partial charge in [-0.05, 0) is 59.6 Å². The molecule has 1 aliphatic heterocycles. The summed E-state index contributed by atoms with van der Waals surface area (Å²) in [6, 6.07) is 7.79. The van der Waals surface area contributed by atoms with Gasteiger partial charge in [0.25, 0.3) is 0 Å². The molecule has 1 unspecified atom stereocenters. The van der Waals surface area contributed by atoms with E-state index in [4.69, 9.17) is 9.47 Å². The Bertz CT molecular complexity index is 756. The van der Waals surface area contributed by atoms with Crippen LogP contribution in [0.25, 0.3) is 0 Å². The summed E-state index contributed by atoms with van der Waals surface area (Å²) in [5.41, 5.74) is 1.87. The topological polar surface area (TPSA) is 64.6 Å². The van der Waals surface area contributed by atoms with Crippen molar-refractivity contribution in [2.45, 2.75) is 52.2 Å². The van der Waals surface area contributed by atoms with E-state index < -0.39 is 0 Å². The van der Waals surface area contributed by atoms with Crippen molar-refractivity contribution >= 4 is 11.9 Å². The van der Waals surface area contributed by atoms with Gasteiger partial charge in [0.1, 0.15) is 0 Å². The molecule has 1 aromatic rings. The Morgan fingerprint density at radius 3 is 2.56 bits per heavy atom. The molecule has 27 heavy (non-hydrogen) atoms. The smallest absolute Gasteiger partial charge is 0.337 e. The van der Waals surface area contributed by atoms with E-state index in [0.29, 0.717) is 24.0 Å². The Morgan fingerprint density at radius 2 is 1.93 bits per heavy atom. The second-order valence-electron chi connectivity index (χ2n) is 9.09. The summed E-state index contributed by atoms with van der Waals surface area (Å²) in [7, 11) is 1.39. The molecule has 2 bridgehead atoms. The third-order valence-electron chi connectivity index (χ3n) is 7.51. The van der Waals surface area contributed by atoms with Gasteiger partial charge in [-0.1, -0.05) is 26.0 Å². The number of carbonyl (C=O) groups is 2. The third kappa shape index (κ3) is 2.70. The Hall–Kier alpha value is -1.88. The van der Waals surface area contributed by atoms with Gasteiger partial charge in [0, 0.05) is 19.6 Å². The second-order valence-corrected chi connectivity index (χ2v) is 9.09. The molecule has 1 N–H and O–H groups in total. The van der Waals surface area contributed by atoms with Crippen LogP contribution in [0.2, 0.25) is 0 Å². The summed E-state index contributed by atoms with van der Waals surface area (Å²) in [5, 5.41) is 3.30. The van der Waals surface area contributed by atoms with Crippen molar-refractivity contribution in [1.82, 2.24) is 5.32 Å². The number of benzene rings is 1. The van der Waals surface area contributed by atoms with Gasteiger partial charge in [-0.2, -0.15) is 0 Å². The number of hydrogen-bond donors (Lipinski definition) is 1. The Kier molecular flexibility index (Phi) is 4.34. The van der Waals surface area contributed by atoms with Gasteiger partial charge in [-0.3, -0.25) is 4.79 Å². The lowest BCUT2D eigenvalue weighted by molar-refractivity contribution is -0.135. The van der Waals surface area contributed by atoms with E-state index in [2.05, 4.69) is 19.2 Å². The van der Waals surface area contributed by atoms with Gasteiger partial charge >= 0.3 is 5.97 Å². The molecular weight excluding hydrogens is 342 g/mol. The first-order valence-electron chi connectivity index (χ1n) is 9.86. The maximum Gasteiger partial charge on any atom is 0.337 e. The van der Waals surface area contributed by atoms with E-state index >= 15 is 0 Å². The summed E-state index contributed by atoms with van der Waals surface area (Å²) in [6.45, 7) is 6.94. The van der Waals surface area contributed by atoms with Crippen molar-refractivity contribution < 1.29 is 19.1 Å². The zero-order valence-corrected chi connectivity index (χ0v) is 16.6. The summed E-state index contributed by atoms with van der Waals surface area (Å²) in [6.07, 6.45) is 3.31. The lowest BCUT2D eigenvalue weighted by atomic mass is 9.59. The van der Waals surface area contributed by atoms with Crippen LogP contribution in [0.15, 0.2) is 24.3 Å². The lowest BCUT2D eigenvalue weighted by Crippen LogP contribution is -2.58. The molecule has 0 radical (unpaired) electrons. The molecule has 1 saturated heterocycles. The fraction of sp³-hybridized carbons (Fsp3) is 0.636. The quantitative estimate of drug-likeness (QED) is 0.826. The van der Waals surface area contributed by atoms with Gasteiger partial charge in [0.2, 0.25) is 5.91 Å². The number of carbonyl (C=O) groups excluding carboxylic acids is 2. The van der Waals surface area contributed by atoms with Crippen LogP contribution in [0.1, 0.15) is 62.1 Å². The molecule has 3 aliphatic rings. The summed E-state index contributed by atoms with van der Waals surface area (Å²) in [4.78, 5) is 23.6. The number of esters is 1. The molecule has 146 valence electrons. The predicted octanol–water partition coefficient (Wildman–Crippen LogP) is 3.49. The van der Waals surface area contributed by atoms with Crippen LogP contribution in [0, 0.1) is 22.7 Å². The average molecular weight is 371 g/mol. The molecule has 1 heterocycles. The number of methoxy groups -OCH3 is 1. The van der Waals surface area contributed by atoms with E-state index in [1.165, 1.54) is 7.11 Å². The van der Waals surface area contributed by atoms with Crippen molar-refractivity contribution in [2.75, 3.05) is 13.7 Å². The second kappa shape index (κ2) is 6.33. The lowest BCUT2D eigenvalue weighted by Gasteiger charge is -2.53. The van der Waals surface area contributed by atoms with Gasteiger partial charge in [0.05, 0.1) is 18.8 Å². The van der Waals surface area contributed by atoms with Crippen LogP contribution >= 0.6 is 0 Å². The number of amides is 1. The maximum absolute atomic E-state index is 11.9. The van der Waals surface area contributed by atoms with Crippen LogP contribution in [0.5, 0.6) is 0 Å². The first-order valence-corrected chi connectivity index (χ1v) is 9.86. The van der Waals surface area contributed by atoms with Crippen LogP contribution < -0.4 is 5.32 Å². The van der Waals surface area contributed by atoms with E-state index in [1.807, 2.05) is 24.3 Å². The highest BCUT2D eigenvalue weighted by atomic mass is 16.5. The number of nitrogens with one attached hydrogen (secondary N) is 1. The van der Waals surface area contributed by atoms with Crippen molar-refractivity contribution in [3.05, 3.63) is 35.4 Å². The van der Waals surface area contributed by atoms with Crippen molar-refractivity contribution in [2.24, 2.45) is 22.7 Å². The van der Waals surface area contributed by atoms with Crippen LogP contribution in [0.3, 0.4) is 0 Å². The minimum atomic E-state index is -0.324. The van der Waals surface area contributed by atoms with Crippen molar-refractivity contribution in [1.29, 1.82) is 0 Å². The molecule has 3 fully saturated rings. The van der Waals surface area contributed by atoms with Gasteiger partial charge in [-0.15, -0.1) is 0 Å². The molecule has 5 nitrogen and oxygen atoms in total. The summed E-state index contributed by atoms with van der Waals surface area (Å²) in [5.74, 6) is 0.720. The minimum Gasteiger partial charge on any atom is -0.465 e. The zero-order valence-electron chi connectivity index (χ0n) is 16.6. The predicted molar refractivity (Wildman–Crippen MR) is 101 cm³/mol. The van der Waals surface area contributed by atoms with Gasteiger partial charge in [-0.25, -0.2) is 4.79 Å². The highest BCUT2D eigenvalue weighted by Crippen LogP contribution is 2.70. The number of hydrogen-bond acceptors (Lipinski definition) is 4. The molecule has 2 aliphatic carbocycles. The van der Waals surface area contributed by atoms with Gasteiger partial charge in [0.15, 0.2) is 0 Å². The SMILES string of the molecule is COC(=O)c1ccc([C@H]2OCCC34C[C@@H](C[C@H]23)C(C)(C)[C@@H]4NC(C)=O)cc1. The average Bonchev–Trinajstić information content (AvgIpc) is 3.13. The maximum atomic E-state index is 11.9. The van der Waals surface area contributed by atoms with E-state index in [9.17, 15) is 9.59 Å². The Labute approximate surface area is 160 Å².